The molecule has 0 aromatic heterocycles. The Morgan fingerprint density at radius 2 is 1.88 bits per heavy atom. The highest BCUT2D eigenvalue weighted by Gasteiger charge is 2.50. The number of amides is 1. The highest BCUT2D eigenvalue weighted by atomic mass is 16.2. The summed E-state index contributed by atoms with van der Waals surface area (Å²) in [5, 5.41) is 3.46. The summed E-state index contributed by atoms with van der Waals surface area (Å²) in [5.74, 6) is 3.47. The third-order valence-corrected chi connectivity index (χ3v) is 5.55. The first-order chi connectivity index (χ1) is 8.33. The van der Waals surface area contributed by atoms with Gasteiger partial charge in [0.15, 0.2) is 0 Å². The predicted octanol–water partition coefficient (Wildman–Crippen LogP) is 1.24. The summed E-state index contributed by atoms with van der Waals surface area (Å²) in [6.45, 7) is 3.19. The minimum atomic E-state index is 0.387. The number of hydrogen-bond acceptors (Lipinski definition) is 2. The SMILES string of the molecule is O=C(C1CC2CC2C1)N1CCCC2CNCC21. The van der Waals surface area contributed by atoms with E-state index < -0.39 is 0 Å². The predicted molar refractivity (Wildman–Crippen MR) is 65.4 cm³/mol. The molecule has 3 nitrogen and oxygen atoms in total. The van der Waals surface area contributed by atoms with Gasteiger partial charge in [-0.05, 0) is 49.9 Å². The maximum Gasteiger partial charge on any atom is 0.226 e. The normalized spacial score (nSPS) is 47.8. The molecule has 2 heterocycles. The van der Waals surface area contributed by atoms with Crippen molar-refractivity contribution in [1.29, 1.82) is 0 Å². The van der Waals surface area contributed by atoms with Crippen LogP contribution >= 0.6 is 0 Å². The second-order valence-electron chi connectivity index (χ2n) is 6.58. The highest BCUT2D eigenvalue weighted by Crippen LogP contribution is 2.54. The van der Waals surface area contributed by atoms with Gasteiger partial charge >= 0.3 is 0 Å². The van der Waals surface area contributed by atoms with Gasteiger partial charge in [0.2, 0.25) is 5.91 Å². The van der Waals surface area contributed by atoms with Crippen molar-refractivity contribution in [2.24, 2.45) is 23.7 Å². The number of likely N-dealkylation sites (tertiary alicyclic amines) is 1. The van der Waals surface area contributed by atoms with E-state index in [-0.39, 0.29) is 0 Å². The lowest BCUT2D eigenvalue weighted by atomic mass is 9.90. The van der Waals surface area contributed by atoms with Crippen LogP contribution in [0.3, 0.4) is 0 Å². The van der Waals surface area contributed by atoms with Crippen molar-refractivity contribution < 1.29 is 4.79 Å². The number of rotatable bonds is 1. The number of carbonyl (C=O) groups excluding carboxylic acids is 1. The molecule has 2 saturated heterocycles. The van der Waals surface area contributed by atoms with Crippen molar-refractivity contribution >= 4 is 5.91 Å². The van der Waals surface area contributed by atoms with Gasteiger partial charge in [0.1, 0.15) is 0 Å². The number of nitrogens with zero attached hydrogens (tertiary/aromatic N) is 1. The van der Waals surface area contributed by atoms with Gasteiger partial charge in [-0.25, -0.2) is 0 Å². The number of fused-ring (bicyclic) bond motifs is 2. The van der Waals surface area contributed by atoms with E-state index in [1.165, 1.54) is 32.1 Å². The fraction of sp³-hybridized carbons (Fsp3) is 0.929. The standard InChI is InChI=1S/C14H22N2O/c17-14(12-5-10-4-11(10)6-12)16-3-1-2-9-7-15-8-13(9)16/h9-13,15H,1-8H2. The molecular formula is C14H22N2O. The van der Waals surface area contributed by atoms with Gasteiger partial charge in [0.05, 0.1) is 0 Å². The molecule has 0 aromatic rings. The summed E-state index contributed by atoms with van der Waals surface area (Å²) in [6, 6.07) is 0.521. The minimum Gasteiger partial charge on any atom is -0.338 e. The first kappa shape index (κ1) is 10.4. The molecule has 17 heavy (non-hydrogen) atoms. The van der Waals surface area contributed by atoms with E-state index in [9.17, 15) is 4.79 Å². The van der Waals surface area contributed by atoms with Crippen molar-refractivity contribution in [1.82, 2.24) is 10.2 Å². The van der Waals surface area contributed by atoms with Crippen LogP contribution in [0.25, 0.3) is 0 Å². The van der Waals surface area contributed by atoms with Crippen molar-refractivity contribution in [2.45, 2.75) is 38.1 Å². The van der Waals surface area contributed by atoms with Gasteiger partial charge < -0.3 is 10.2 Å². The largest absolute Gasteiger partial charge is 0.338 e. The number of piperidine rings is 1. The van der Waals surface area contributed by atoms with E-state index in [4.69, 9.17) is 0 Å². The Balaban J connectivity index is 1.47. The zero-order valence-corrected chi connectivity index (χ0v) is 10.4. The van der Waals surface area contributed by atoms with Gasteiger partial charge in [0.25, 0.3) is 0 Å². The first-order valence-corrected chi connectivity index (χ1v) is 7.34. The Morgan fingerprint density at radius 1 is 1.06 bits per heavy atom. The van der Waals surface area contributed by atoms with Crippen LogP contribution in [0.1, 0.15) is 32.1 Å². The van der Waals surface area contributed by atoms with Crippen LogP contribution in [0.15, 0.2) is 0 Å². The Kier molecular flexibility index (Phi) is 2.26. The third-order valence-electron chi connectivity index (χ3n) is 5.55. The molecule has 4 rings (SSSR count). The molecule has 0 bridgehead atoms. The van der Waals surface area contributed by atoms with E-state index in [1.54, 1.807) is 0 Å². The van der Waals surface area contributed by atoms with E-state index >= 15 is 0 Å². The lowest BCUT2D eigenvalue weighted by Gasteiger charge is -2.38. The quantitative estimate of drug-likeness (QED) is 0.740. The summed E-state index contributed by atoms with van der Waals surface area (Å²) in [5.41, 5.74) is 0. The topological polar surface area (TPSA) is 32.3 Å². The smallest absolute Gasteiger partial charge is 0.226 e. The molecule has 0 aromatic carbocycles. The summed E-state index contributed by atoms with van der Waals surface area (Å²) in [4.78, 5) is 14.8. The maximum absolute atomic E-state index is 12.6. The summed E-state index contributed by atoms with van der Waals surface area (Å²) in [7, 11) is 0. The zero-order valence-electron chi connectivity index (χ0n) is 10.4. The van der Waals surface area contributed by atoms with E-state index in [0.29, 0.717) is 17.9 Å². The Bertz CT molecular complexity index is 333. The van der Waals surface area contributed by atoms with Crippen molar-refractivity contribution in [3.8, 4) is 0 Å². The van der Waals surface area contributed by atoms with Gasteiger partial charge in [-0.2, -0.15) is 0 Å². The van der Waals surface area contributed by atoms with Crippen molar-refractivity contribution in [3.05, 3.63) is 0 Å². The summed E-state index contributed by atoms with van der Waals surface area (Å²) in [6.07, 6.45) is 6.35. The van der Waals surface area contributed by atoms with Gasteiger partial charge in [-0.15, -0.1) is 0 Å². The molecule has 94 valence electrons. The molecule has 2 aliphatic heterocycles. The first-order valence-electron chi connectivity index (χ1n) is 7.34. The average molecular weight is 234 g/mol. The van der Waals surface area contributed by atoms with E-state index in [2.05, 4.69) is 10.2 Å². The van der Waals surface area contributed by atoms with Crippen LogP contribution < -0.4 is 5.32 Å². The monoisotopic (exact) mass is 234 g/mol. The maximum atomic E-state index is 12.6. The number of nitrogens with one attached hydrogen (secondary N) is 1. The lowest BCUT2D eigenvalue weighted by molar-refractivity contribution is -0.140. The van der Waals surface area contributed by atoms with Gasteiger partial charge in [0, 0.05) is 31.6 Å². The molecule has 4 unspecified atom stereocenters. The molecular weight excluding hydrogens is 212 g/mol. The number of hydrogen-bond donors (Lipinski definition) is 1. The van der Waals surface area contributed by atoms with Crippen molar-refractivity contribution in [2.75, 3.05) is 19.6 Å². The third kappa shape index (κ3) is 1.62. The van der Waals surface area contributed by atoms with Gasteiger partial charge in [-0.1, -0.05) is 0 Å². The van der Waals surface area contributed by atoms with Crippen LogP contribution in [0.5, 0.6) is 0 Å². The molecule has 2 saturated carbocycles. The highest BCUT2D eigenvalue weighted by molar-refractivity contribution is 5.80. The Labute approximate surface area is 103 Å². The van der Waals surface area contributed by atoms with Crippen LogP contribution in [0.4, 0.5) is 0 Å². The molecule has 0 radical (unpaired) electrons. The molecule has 4 fully saturated rings. The summed E-state index contributed by atoms with van der Waals surface area (Å²) < 4.78 is 0. The second-order valence-corrected chi connectivity index (χ2v) is 6.58. The fourth-order valence-corrected chi connectivity index (χ4v) is 4.49. The van der Waals surface area contributed by atoms with Crippen LogP contribution in [0.2, 0.25) is 0 Å². The molecule has 4 atom stereocenters. The van der Waals surface area contributed by atoms with Crippen LogP contribution in [0, 0.1) is 23.7 Å². The molecule has 4 aliphatic rings. The molecule has 0 spiro atoms. The Morgan fingerprint density at radius 3 is 2.71 bits per heavy atom. The Hall–Kier alpha value is -0.570. The fourth-order valence-electron chi connectivity index (χ4n) is 4.49. The molecule has 2 aliphatic carbocycles. The molecule has 3 heteroatoms. The van der Waals surface area contributed by atoms with Crippen LogP contribution in [-0.2, 0) is 4.79 Å². The molecule has 1 N–H and O–H groups in total. The van der Waals surface area contributed by atoms with Crippen LogP contribution in [-0.4, -0.2) is 36.5 Å². The number of carbonyl (C=O) groups is 1. The van der Waals surface area contributed by atoms with Gasteiger partial charge in [-0.3, -0.25) is 4.79 Å². The van der Waals surface area contributed by atoms with Crippen molar-refractivity contribution in [3.63, 3.8) is 0 Å². The average Bonchev–Trinajstić information content (AvgIpc) is 2.82. The van der Waals surface area contributed by atoms with E-state index in [0.717, 1.165) is 37.4 Å². The van der Waals surface area contributed by atoms with E-state index in [1.807, 2.05) is 0 Å². The second kappa shape index (κ2) is 3.71. The lowest BCUT2D eigenvalue weighted by Crippen LogP contribution is -2.50. The minimum absolute atomic E-state index is 0.387. The summed E-state index contributed by atoms with van der Waals surface area (Å²) >= 11 is 0. The zero-order chi connectivity index (χ0) is 11.4. The molecule has 1 amide bonds.